The van der Waals surface area contributed by atoms with Gasteiger partial charge >= 0.3 is 0 Å². The van der Waals surface area contributed by atoms with E-state index in [0.717, 1.165) is 0 Å². The highest BCUT2D eigenvalue weighted by Crippen LogP contribution is 2.30. The van der Waals surface area contributed by atoms with Crippen LogP contribution in [0.1, 0.15) is 10.5 Å². The number of nitrogens with zero attached hydrogens (tertiary/aromatic N) is 1. The molecular weight excluding hydrogens is 302 g/mol. The van der Waals surface area contributed by atoms with Crippen molar-refractivity contribution in [1.29, 1.82) is 0 Å². The smallest absolute Gasteiger partial charge is 0.271 e. The minimum atomic E-state index is -0.726. The van der Waals surface area contributed by atoms with Gasteiger partial charge in [0.15, 0.2) is 11.5 Å². The molecule has 3 aromatic rings. The Hall–Kier alpha value is -2.52. The highest BCUT2D eigenvalue weighted by Gasteiger charge is 2.22. The molecule has 0 saturated heterocycles. The first-order chi connectivity index (χ1) is 10.6. The minimum Gasteiger partial charge on any atom is -0.435 e. The fourth-order valence-electron chi connectivity index (χ4n) is 2.15. The Kier molecular flexibility index (Phi) is 3.73. The lowest BCUT2D eigenvalue weighted by atomic mass is 10.1. The molecule has 4 nitrogen and oxygen atoms in total. The largest absolute Gasteiger partial charge is 0.435 e. The van der Waals surface area contributed by atoms with Crippen molar-refractivity contribution < 1.29 is 13.6 Å². The van der Waals surface area contributed by atoms with Crippen LogP contribution in [0.2, 0.25) is 0 Å². The number of hydrogen-bond acceptors (Lipinski definition) is 3. The highest BCUT2D eigenvalue weighted by atomic mass is 31.0. The van der Waals surface area contributed by atoms with Gasteiger partial charge in [0.05, 0.1) is 5.56 Å². The molecule has 0 spiro atoms. The molecule has 0 bridgehead atoms. The molecule has 0 radical (unpaired) electrons. The van der Waals surface area contributed by atoms with Gasteiger partial charge in [-0.05, 0) is 11.4 Å². The summed E-state index contributed by atoms with van der Waals surface area (Å²) in [5, 5.41) is 0.580. The fraction of sp³-hybridized carbons (Fsp3) is 0. The van der Waals surface area contributed by atoms with Gasteiger partial charge in [0.2, 0.25) is 5.89 Å². The van der Waals surface area contributed by atoms with Crippen molar-refractivity contribution in [3.8, 4) is 22.8 Å². The third-order valence-corrected chi connectivity index (χ3v) is 3.64. The first-order valence-corrected chi connectivity index (χ1v) is 7.06. The average Bonchev–Trinajstić information content (AvgIpc) is 2.93. The van der Waals surface area contributed by atoms with Gasteiger partial charge < -0.3 is 10.2 Å². The number of aromatic nitrogens is 1. The van der Waals surface area contributed by atoms with Crippen LogP contribution in [-0.2, 0) is 0 Å². The van der Waals surface area contributed by atoms with E-state index >= 15 is 0 Å². The van der Waals surface area contributed by atoms with Gasteiger partial charge in [-0.15, -0.1) is 9.24 Å². The lowest BCUT2D eigenvalue weighted by molar-refractivity contribution is 0.0996. The molecule has 1 unspecified atom stereocenters. The van der Waals surface area contributed by atoms with E-state index in [2.05, 4.69) is 14.2 Å². The van der Waals surface area contributed by atoms with E-state index in [0.29, 0.717) is 10.9 Å². The zero-order chi connectivity index (χ0) is 15.7. The van der Waals surface area contributed by atoms with Crippen molar-refractivity contribution in [2.75, 3.05) is 0 Å². The predicted octanol–water partition coefficient (Wildman–Crippen LogP) is 2.75. The second-order valence-corrected chi connectivity index (χ2v) is 5.25. The maximum atomic E-state index is 14.1. The second kappa shape index (κ2) is 5.70. The summed E-state index contributed by atoms with van der Waals surface area (Å²) >= 11 is 0. The predicted molar refractivity (Wildman–Crippen MR) is 85.2 cm³/mol. The van der Waals surface area contributed by atoms with E-state index in [4.69, 9.17) is 10.2 Å². The standard InChI is InChI=1S/C16H12FN2O2P/c17-10-7-4-8-11(22)12(10)16-19-13(15(18)20)14(21-16)9-5-2-1-3-6-9/h1-8H,22H2,(H2,18,20). The molecule has 110 valence electrons. The Balaban J connectivity index is 2.22. The summed E-state index contributed by atoms with van der Waals surface area (Å²) in [6, 6.07) is 13.6. The molecule has 0 saturated carbocycles. The van der Waals surface area contributed by atoms with Gasteiger partial charge in [0, 0.05) is 5.56 Å². The average molecular weight is 314 g/mol. The number of carbonyl (C=O) groups excluding carboxylic acids is 1. The van der Waals surface area contributed by atoms with Crippen molar-refractivity contribution in [3.63, 3.8) is 0 Å². The molecule has 0 fully saturated rings. The monoisotopic (exact) mass is 314 g/mol. The molecule has 1 aromatic heterocycles. The van der Waals surface area contributed by atoms with Crippen LogP contribution in [0.4, 0.5) is 4.39 Å². The number of hydrogen-bond donors (Lipinski definition) is 1. The van der Waals surface area contributed by atoms with Crippen LogP contribution in [-0.4, -0.2) is 10.9 Å². The van der Waals surface area contributed by atoms with E-state index in [1.54, 1.807) is 36.4 Å². The summed E-state index contributed by atoms with van der Waals surface area (Å²) in [4.78, 5) is 15.7. The van der Waals surface area contributed by atoms with Gasteiger partial charge in [0.25, 0.3) is 5.91 Å². The minimum absolute atomic E-state index is 0.0196. The van der Waals surface area contributed by atoms with Crippen LogP contribution in [0.25, 0.3) is 22.8 Å². The number of benzene rings is 2. The molecule has 1 amide bonds. The number of oxazole rings is 1. The molecule has 0 aliphatic heterocycles. The van der Waals surface area contributed by atoms with Crippen LogP contribution in [0.3, 0.4) is 0 Å². The Labute approximate surface area is 128 Å². The van der Waals surface area contributed by atoms with E-state index < -0.39 is 11.7 Å². The molecule has 1 heterocycles. The number of nitrogens with two attached hydrogens (primary N) is 1. The Bertz CT molecular complexity index is 826. The van der Waals surface area contributed by atoms with Gasteiger partial charge in [-0.25, -0.2) is 9.37 Å². The zero-order valence-corrected chi connectivity index (χ0v) is 12.6. The lowest BCUT2D eigenvalue weighted by Gasteiger charge is -2.02. The van der Waals surface area contributed by atoms with Crippen molar-refractivity contribution in [2.45, 2.75) is 0 Å². The molecule has 6 heteroatoms. The van der Waals surface area contributed by atoms with E-state index in [1.165, 1.54) is 6.07 Å². The summed E-state index contributed by atoms with van der Waals surface area (Å²) < 4.78 is 19.7. The fourth-order valence-corrected chi connectivity index (χ4v) is 2.52. The SMILES string of the molecule is NC(=O)c1nc(-c2c(F)cccc2P)oc1-c1ccccc1. The normalized spacial score (nSPS) is 10.6. The number of carbonyl (C=O) groups is 1. The Morgan fingerprint density at radius 1 is 1.14 bits per heavy atom. The van der Waals surface area contributed by atoms with Crippen LogP contribution in [0, 0.1) is 5.82 Å². The van der Waals surface area contributed by atoms with Gasteiger partial charge in [-0.3, -0.25) is 4.79 Å². The molecular formula is C16H12FN2O2P. The molecule has 3 rings (SSSR count). The zero-order valence-electron chi connectivity index (χ0n) is 11.4. The molecule has 2 aromatic carbocycles. The quantitative estimate of drug-likeness (QED) is 0.756. The Morgan fingerprint density at radius 3 is 2.50 bits per heavy atom. The first kappa shape index (κ1) is 14.4. The van der Waals surface area contributed by atoms with Crippen LogP contribution in [0.5, 0.6) is 0 Å². The van der Waals surface area contributed by atoms with Gasteiger partial charge in [0.1, 0.15) is 5.82 Å². The van der Waals surface area contributed by atoms with Gasteiger partial charge in [-0.1, -0.05) is 42.5 Å². The van der Waals surface area contributed by atoms with Crippen molar-refractivity contribution >= 4 is 20.5 Å². The molecule has 0 aliphatic rings. The summed E-state index contributed by atoms with van der Waals surface area (Å²) in [6.07, 6.45) is 0. The van der Waals surface area contributed by atoms with Crippen LogP contribution < -0.4 is 11.0 Å². The summed E-state index contributed by atoms with van der Waals surface area (Å²) in [5.74, 6) is -0.952. The summed E-state index contributed by atoms with van der Waals surface area (Å²) in [7, 11) is 2.42. The van der Waals surface area contributed by atoms with Crippen LogP contribution in [0.15, 0.2) is 52.9 Å². The molecule has 2 N–H and O–H groups in total. The maximum absolute atomic E-state index is 14.1. The molecule has 1 atom stereocenters. The van der Waals surface area contributed by atoms with E-state index in [1.807, 2.05) is 6.07 Å². The van der Waals surface area contributed by atoms with Crippen molar-refractivity contribution in [3.05, 3.63) is 60.0 Å². The number of amides is 1. The molecule has 22 heavy (non-hydrogen) atoms. The Morgan fingerprint density at radius 2 is 1.86 bits per heavy atom. The van der Waals surface area contributed by atoms with E-state index in [9.17, 15) is 9.18 Å². The number of halogens is 1. The second-order valence-electron chi connectivity index (χ2n) is 4.63. The lowest BCUT2D eigenvalue weighted by Crippen LogP contribution is -2.12. The van der Waals surface area contributed by atoms with Crippen molar-refractivity contribution in [2.24, 2.45) is 5.73 Å². The van der Waals surface area contributed by atoms with Crippen molar-refractivity contribution in [1.82, 2.24) is 4.98 Å². The highest BCUT2D eigenvalue weighted by molar-refractivity contribution is 7.27. The van der Waals surface area contributed by atoms with Gasteiger partial charge in [-0.2, -0.15) is 0 Å². The maximum Gasteiger partial charge on any atom is 0.271 e. The molecule has 0 aliphatic carbocycles. The summed E-state index contributed by atoms with van der Waals surface area (Å²) in [6.45, 7) is 0. The number of primary amides is 1. The number of rotatable bonds is 3. The third kappa shape index (κ3) is 2.51. The van der Waals surface area contributed by atoms with E-state index in [-0.39, 0.29) is 22.9 Å². The van der Waals surface area contributed by atoms with Crippen LogP contribution >= 0.6 is 9.24 Å². The third-order valence-electron chi connectivity index (χ3n) is 3.16. The first-order valence-electron chi connectivity index (χ1n) is 6.48. The topological polar surface area (TPSA) is 69.1 Å². The summed E-state index contributed by atoms with van der Waals surface area (Å²) in [5.41, 5.74) is 6.18.